The van der Waals surface area contributed by atoms with Crippen LogP contribution in [-0.4, -0.2) is 19.6 Å². The molecule has 2 aliphatic carbocycles. The molecular weight excluding hydrogens is 172 g/mol. The van der Waals surface area contributed by atoms with E-state index >= 15 is 0 Å². The quantitative estimate of drug-likeness (QED) is 0.637. The summed E-state index contributed by atoms with van der Waals surface area (Å²) in [5, 5.41) is 3.60. The number of rotatable bonds is 6. The molecule has 0 atom stereocenters. The molecule has 2 rings (SSSR count). The molecule has 0 amide bonds. The van der Waals surface area contributed by atoms with Crippen LogP contribution < -0.4 is 11.1 Å². The second-order valence-corrected chi connectivity index (χ2v) is 5.32. The molecule has 2 aliphatic rings. The number of nitrogens with two attached hydrogens (primary N) is 1. The third-order valence-corrected chi connectivity index (χ3v) is 4.30. The van der Waals surface area contributed by atoms with Crippen molar-refractivity contribution in [3.8, 4) is 0 Å². The lowest BCUT2D eigenvalue weighted by Crippen LogP contribution is -2.45. The van der Waals surface area contributed by atoms with Crippen molar-refractivity contribution < 1.29 is 0 Å². The Bertz CT molecular complexity index is 166. The summed E-state index contributed by atoms with van der Waals surface area (Å²) in [6.45, 7) is 3.26. The topological polar surface area (TPSA) is 38.0 Å². The molecule has 0 aromatic heterocycles. The Kier molecular flexibility index (Phi) is 3.45. The van der Waals surface area contributed by atoms with Crippen molar-refractivity contribution >= 4 is 0 Å². The van der Waals surface area contributed by atoms with Crippen LogP contribution in [0.3, 0.4) is 0 Å². The molecular formula is C12H24N2. The van der Waals surface area contributed by atoms with Gasteiger partial charge in [0.25, 0.3) is 0 Å². The van der Waals surface area contributed by atoms with Crippen LogP contribution in [0.4, 0.5) is 0 Å². The van der Waals surface area contributed by atoms with Gasteiger partial charge in [0, 0.05) is 6.54 Å². The predicted octanol–water partition coefficient (Wildman–Crippen LogP) is 1.90. The largest absolute Gasteiger partial charge is 0.330 e. The number of hydrogen-bond acceptors (Lipinski definition) is 2. The first-order valence-electron chi connectivity index (χ1n) is 6.25. The van der Waals surface area contributed by atoms with Gasteiger partial charge in [0.1, 0.15) is 0 Å². The highest BCUT2D eigenvalue weighted by Crippen LogP contribution is 2.39. The molecule has 82 valence electrons. The maximum absolute atomic E-state index is 5.81. The van der Waals surface area contributed by atoms with E-state index in [2.05, 4.69) is 5.32 Å². The first-order valence-corrected chi connectivity index (χ1v) is 6.25. The van der Waals surface area contributed by atoms with Crippen LogP contribution in [0.25, 0.3) is 0 Å². The van der Waals surface area contributed by atoms with Gasteiger partial charge < -0.3 is 11.1 Å². The Balaban J connectivity index is 1.53. The lowest BCUT2D eigenvalue weighted by molar-refractivity contribution is 0.139. The van der Waals surface area contributed by atoms with Crippen LogP contribution >= 0.6 is 0 Å². The highest BCUT2D eigenvalue weighted by Gasteiger charge is 2.34. The van der Waals surface area contributed by atoms with Crippen LogP contribution in [0, 0.1) is 11.3 Å². The number of nitrogens with one attached hydrogen (secondary N) is 1. The van der Waals surface area contributed by atoms with Gasteiger partial charge in [0.2, 0.25) is 0 Å². The van der Waals surface area contributed by atoms with Crippen molar-refractivity contribution in [3.63, 3.8) is 0 Å². The Hall–Kier alpha value is -0.0800. The zero-order valence-electron chi connectivity index (χ0n) is 9.23. The molecule has 0 aromatic carbocycles. The third kappa shape index (κ3) is 2.29. The fraction of sp³-hybridized carbons (Fsp3) is 1.00. The summed E-state index contributed by atoms with van der Waals surface area (Å²) in [7, 11) is 0. The van der Waals surface area contributed by atoms with Crippen molar-refractivity contribution in [1.29, 1.82) is 0 Å². The van der Waals surface area contributed by atoms with Gasteiger partial charge in [0.05, 0.1) is 0 Å². The zero-order valence-corrected chi connectivity index (χ0v) is 9.23. The van der Waals surface area contributed by atoms with E-state index in [0.29, 0.717) is 5.41 Å². The summed E-state index contributed by atoms with van der Waals surface area (Å²) >= 11 is 0. The molecule has 14 heavy (non-hydrogen) atoms. The van der Waals surface area contributed by atoms with Crippen LogP contribution in [0.1, 0.15) is 44.9 Å². The lowest BCUT2D eigenvalue weighted by atomic mass is 9.69. The zero-order chi connectivity index (χ0) is 9.86. The van der Waals surface area contributed by atoms with Gasteiger partial charge >= 0.3 is 0 Å². The van der Waals surface area contributed by atoms with E-state index < -0.39 is 0 Å². The van der Waals surface area contributed by atoms with E-state index in [-0.39, 0.29) is 0 Å². The predicted molar refractivity (Wildman–Crippen MR) is 60.2 cm³/mol. The molecule has 2 nitrogen and oxygen atoms in total. The standard InChI is InChI=1S/C12H24N2/c13-9-12(6-2-7-12)10-14-8-5-11-3-1-4-11/h11,14H,1-10,13H2. The van der Waals surface area contributed by atoms with E-state index in [4.69, 9.17) is 5.73 Å². The van der Waals surface area contributed by atoms with Crippen molar-refractivity contribution in [2.24, 2.45) is 17.1 Å². The summed E-state index contributed by atoms with van der Waals surface area (Å²) in [6.07, 6.45) is 9.90. The monoisotopic (exact) mass is 196 g/mol. The molecule has 2 heteroatoms. The van der Waals surface area contributed by atoms with Gasteiger partial charge in [-0.05, 0) is 43.7 Å². The molecule has 2 saturated carbocycles. The lowest BCUT2D eigenvalue weighted by Gasteiger charge is -2.41. The minimum atomic E-state index is 0.486. The highest BCUT2D eigenvalue weighted by molar-refractivity contribution is 4.90. The van der Waals surface area contributed by atoms with Gasteiger partial charge in [-0.1, -0.05) is 25.7 Å². The highest BCUT2D eigenvalue weighted by atomic mass is 14.9. The van der Waals surface area contributed by atoms with E-state index in [1.807, 2.05) is 0 Å². The van der Waals surface area contributed by atoms with Crippen molar-refractivity contribution in [1.82, 2.24) is 5.32 Å². The van der Waals surface area contributed by atoms with Crippen LogP contribution in [-0.2, 0) is 0 Å². The van der Waals surface area contributed by atoms with Gasteiger partial charge in [-0.15, -0.1) is 0 Å². The molecule has 0 saturated heterocycles. The summed E-state index contributed by atoms with van der Waals surface area (Å²) in [5.41, 5.74) is 6.29. The average molecular weight is 196 g/mol. The van der Waals surface area contributed by atoms with Gasteiger partial charge in [-0.3, -0.25) is 0 Å². The van der Waals surface area contributed by atoms with Gasteiger partial charge in [-0.25, -0.2) is 0 Å². The smallest absolute Gasteiger partial charge is 0.00199 e. The molecule has 0 bridgehead atoms. The van der Waals surface area contributed by atoms with E-state index in [0.717, 1.165) is 19.0 Å². The summed E-state index contributed by atoms with van der Waals surface area (Å²) in [6, 6.07) is 0. The van der Waals surface area contributed by atoms with E-state index in [9.17, 15) is 0 Å². The Morgan fingerprint density at radius 2 is 2.00 bits per heavy atom. The molecule has 0 heterocycles. The Morgan fingerprint density at radius 3 is 2.43 bits per heavy atom. The average Bonchev–Trinajstić information content (AvgIpc) is 2.05. The number of hydrogen-bond donors (Lipinski definition) is 2. The first-order chi connectivity index (χ1) is 6.85. The summed E-state index contributed by atoms with van der Waals surface area (Å²) < 4.78 is 0. The van der Waals surface area contributed by atoms with Crippen molar-refractivity contribution in [2.45, 2.75) is 44.9 Å². The fourth-order valence-corrected chi connectivity index (χ4v) is 2.57. The molecule has 2 fully saturated rings. The van der Waals surface area contributed by atoms with Crippen LogP contribution in [0.2, 0.25) is 0 Å². The van der Waals surface area contributed by atoms with Gasteiger partial charge in [0.15, 0.2) is 0 Å². The van der Waals surface area contributed by atoms with Crippen LogP contribution in [0.5, 0.6) is 0 Å². The second-order valence-electron chi connectivity index (χ2n) is 5.32. The maximum Gasteiger partial charge on any atom is 0.00199 e. The third-order valence-electron chi connectivity index (χ3n) is 4.30. The summed E-state index contributed by atoms with van der Waals surface area (Å²) in [4.78, 5) is 0. The Labute approximate surface area is 87.6 Å². The Morgan fingerprint density at radius 1 is 1.21 bits per heavy atom. The van der Waals surface area contributed by atoms with Crippen molar-refractivity contribution in [2.75, 3.05) is 19.6 Å². The SMILES string of the molecule is NCC1(CNCCC2CCC2)CCC1. The van der Waals surface area contributed by atoms with Gasteiger partial charge in [-0.2, -0.15) is 0 Å². The van der Waals surface area contributed by atoms with E-state index in [1.54, 1.807) is 0 Å². The first kappa shape index (κ1) is 10.4. The maximum atomic E-state index is 5.81. The molecule has 3 N–H and O–H groups in total. The minimum absolute atomic E-state index is 0.486. The fourth-order valence-electron chi connectivity index (χ4n) is 2.57. The molecule has 0 aliphatic heterocycles. The minimum Gasteiger partial charge on any atom is -0.330 e. The molecule has 0 unspecified atom stereocenters. The van der Waals surface area contributed by atoms with Crippen molar-refractivity contribution in [3.05, 3.63) is 0 Å². The van der Waals surface area contributed by atoms with E-state index in [1.165, 1.54) is 51.5 Å². The summed E-state index contributed by atoms with van der Waals surface area (Å²) in [5.74, 6) is 1.04. The van der Waals surface area contributed by atoms with Crippen LogP contribution in [0.15, 0.2) is 0 Å². The molecule has 0 radical (unpaired) electrons. The normalized spacial score (nSPS) is 25.5. The molecule has 0 spiro atoms. The molecule has 0 aromatic rings. The second kappa shape index (κ2) is 4.63.